The third kappa shape index (κ3) is 2.66. The van der Waals surface area contributed by atoms with E-state index in [4.69, 9.17) is 4.74 Å². The Morgan fingerprint density at radius 1 is 1.15 bits per heavy atom. The second kappa shape index (κ2) is 6.72. The molecule has 0 aromatic rings. The molecule has 4 aliphatic rings. The first-order valence-electron chi connectivity index (χ1n) is 10.9. The molecule has 27 heavy (non-hydrogen) atoms. The lowest BCUT2D eigenvalue weighted by molar-refractivity contribution is -0.160. The zero-order valence-electron chi connectivity index (χ0n) is 17.1. The summed E-state index contributed by atoms with van der Waals surface area (Å²) in [5, 5.41) is 10.5. The quantitative estimate of drug-likeness (QED) is 0.752. The van der Waals surface area contributed by atoms with E-state index in [1.54, 1.807) is 0 Å². The van der Waals surface area contributed by atoms with Gasteiger partial charge in [0.1, 0.15) is 6.10 Å². The summed E-state index contributed by atoms with van der Waals surface area (Å²) >= 11 is 0. The lowest BCUT2D eigenvalue weighted by atomic mass is 9.46. The fourth-order valence-corrected chi connectivity index (χ4v) is 7.43. The Morgan fingerprint density at radius 3 is 2.63 bits per heavy atom. The van der Waals surface area contributed by atoms with Gasteiger partial charge in [-0.3, -0.25) is 9.59 Å². The molecule has 0 saturated heterocycles. The zero-order chi connectivity index (χ0) is 19.4. The van der Waals surface area contributed by atoms with Crippen LogP contribution in [0.4, 0.5) is 0 Å². The molecule has 4 heteroatoms. The Morgan fingerprint density at radius 2 is 1.93 bits per heavy atom. The van der Waals surface area contributed by atoms with Gasteiger partial charge in [0.15, 0.2) is 5.78 Å². The molecule has 1 N–H and O–H groups in total. The van der Waals surface area contributed by atoms with Gasteiger partial charge in [-0.25, -0.2) is 0 Å². The molecule has 0 amide bonds. The zero-order valence-corrected chi connectivity index (χ0v) is 17.1. The van der Waals surface area contributed by atoms with Gasteiger partial charge in [-0.2, -0.15) is 0 Å². The van der Waals surface area contributed by atoms with Crippen LogP contribution in [0.15, 0.2) is 11.1 Å². The predicted octanol–water partition coefficient (Wildman–Crippen LogP) is 4.20. The highest BCUT2D eigenvalue weighted by Gasteiger charge is 2.61. The number of hydrogen-bond donors (Lipinski definition) is 1. The van der Waals surface area contributed by atoms with E-state index in [1.165, 1.54) is 5.57 Å². The molecule has 0 aromatic carbocycles. The summed E-state index contributed by atoms with van der Waals surface area (Å²) in [4.78, 5) is 24.2. The van der Waals surface area contributed by atoms with Crippen molar-refractivity contribution < 1.29 is 19.4 Å². The van der Waals surface area contributed by atoms with Crippen LogP contribution in [0, 0.1) is 28.6 Å². The van der Waals surface area contributed by atoms with Crippen molar-refractivity contribution in [1.82, 2.24) is 0 Å². The van der Waals surface area contributed by atoms with E-state index in [9.17, 15) is 14.7 Å². The van der Waals surface area contributed by atoms with Crippen molar-refractivity contribution in [3.05, 3.63) is 11.1 Å². The highest BCUT2D eigenvalue weighted by atomic mass is 16.5. The maximum atomic E-state index is 12.3. The average molecular weight is 375 g/mol. The van der Waals surface area contributed by atoms with Crippen molar-refractivity contribution in [1.29, 1.82) is 0 Å². The summed E-state index contributed by atoms with van der Waals surface area (Å²) in [6.07, 6.45) is 8.18. The van der Waals surface area contributed by atoms with Gasteiger partial charge < -0.3 is 9.84 Å². The van der Waals surface area contributed by atoms with E-state index in [1.807, 2.05) is 13.8 Å². The Kier molecular flexibility index (Phi) is 4.77. The molecular weight excluding hydrogens is 340 g/mol. The van der Waals surface area contributed by atoms with Crippen LogP contribution in [0.3, 0.4) is 0 Å². The second-order valence-corrected chi connectivity index (χ2v) is 9.71. The third-order valence-electron chi connectivity index (χ3n) is 8.90. The first-order chi connectivity index (χ1) is 12.9. The number of ether oxygens (including phenoxy) is 1. The number of aliphatic hydroxyl groups is 1. The molecular formula is C23H34O4. The number of ketones is 1. The number of fused-ring (bicyclic) bond motifs is 5. The number of esters is 1. The van der Waals surface area contributed by atoms with Crippen LogP contribution in [-0.4, -0.2) is 29.6 Å². The molecule has 150 valence electrons. The molecule has 0 heterocycles. The molecule has 0 spiro atoms. The fourth-order valence-electron chi connectivity index (χ4n) is 7.43. The fraction of sp³-hybridized carbons (Fsp3) is 0.826. The molecule has 0 aromatic heterocycles. The van der Waals surface area contributed by atoms with Gasteiger partial charge in [0.2, 0.25) is 0 Å². The largest absolute Gasteiger partial charge is 0.462 e. The minimum absolute atomic E-state index is 0.0487. The molecule has 4 rings (SSSR count). The number of Topliss-reactive ketones (excluding diaryl/α,β-unsaturated/α-hetero) is 1. The van der Waals surface area contributed by atoms with Crippen LogP contribution in [0.1, 0.15) is 78.6 Å². The molecule has 0 radical (unpaired) electrons. The predicted molar refractivity (Wildman–Crippen MR) is 103 cm³/mol. The minimum atomic E-state index is -0.180. The van der Waals surface area contributed by atoms with Crippen molar-refractivity contribution >= 4 is 11.8 Å². The first-order valence-corrected chi connectivity index (χ1v) is 10.9. The highest BCUT2D eigenvalue weighted by molar-refractivity contribution is 5.96. The monoisotopic (exact) mass is 374 g/mol. The van der Waals surface area contributed by atoms with Gasteiger partial charge in [0.25, 0.3) is 0 Å². The van der Waals surface area contributed by atoms with Gasteiger partial charge >= 0.3 is 5.97 Å². The second-order valence-electron chi connectivity index (χ2n) is 9.71. The summed E-state index contributed by atoms with van der Waals surface area (Å²) in [5.74, 6) is 1.81. The van der Waals surface area contributed by atoms with Gasteiger partial charge in [0.05, 0.1) is 6.61 Å². The van der Waals surface area contributed by atoms with Gasteiger partial charge in [-0.15, -0.1) is 0 Å². The maximum Gasteiger partial charge on any atom is 0.305 e. The lowest BCUT2D eigenvalue weighted by Crippen LogP contribution is -2.54. The number of carbonyl (C=O) groups is 2. The Labute approximate surface area is 162 Å². The van der Waals surface area contributed by atoms with E-state index in [2.05, 4.69) is 6.92 Å². The van der Waals surface area contributed by atoms with E-state index >= 15 is 0 Å². The molecule has 0 aliphatic heterocycles. The van der Waals surface area contributed by atoms with Crippen molar-refractivity contribution in [2.75, 3.05) is 6.61 Å². The van der Waals surface area contributed by atoms with Gasteiger partial charge in [-0.1, -0.05) is 19.4 Å². The van der Waals surface area contributed by atoms with Crippen LogP contribution < -0.4 is 0 Å². The van der Waals surface area contributed by atoms with Crippen LogP contribution in [0.5, 0.6) is 0 Å². The summed E-state index contributed by atoms with van der Waals surface area (Å²) in [6, 6.07) is 0. The van der Waals surface area contributed by atoms with Crippen molar-refractivity contribution in [2.45, 2.75) is 84.7 Å². The molecule has 0 bridgehead atoms. The Hall–Kier alpha value is -1.16. The lowest BCUT2D eigenvalue weighted by Gasteiger charge is -2.58. The Balaban J connectivity index is 1.64. The number of hydrogen-bond acceptors (Lipinski definition) is 4. The standard InChI is InChI=1S/C23H34O4/c1-4-21(26)27-20-8-7-17-15-5-6-16-14(2)19(25)10-12-23(16,13-24)18(15)9-11-22(17,20)3/h15,17-18,20,24H,4-13H2,1-3H3/t15-,17-,18-,20-,22-,23+/m0/s1. The van der Waals surface area contributed by atoms with Gasteiger partial charge in [0, 0.05) is 23.7 Å². The van der Waals surface area contributed by atoms with Crippen molar-refractivity contribution in [2.24, 2.45) is 28.6 Å². The minimum Gasteiger partial charge on any atom is -0.462 e. The van der Waals surface area contributed by atoms with E-state index < -0.39 is 0 Å². The van der Waals surface area contributed by atoms with Crippen molar-refractivity contribution in [3.8, 4) is 0 Å². The average Bonchev–Trinajstić information content (AvgIpc) is 3.00. The molecule has 0 unspecified atom stereocenters. The highest BCUT2D eigenvalue weighted by Crippen LogP contribution is 2.66. The SMILES string of the molecule is CCC(=O)O[C@H]1CC[C@H]2[C@@H]3CCC4=C(C)C(=O)CC[C@]4(CO)[C@H]3CC[C@]12C. The summed E-state index contributed by atoms with van der Waals surface area (Å²) in [5.41, 5.74) is 2.09. The number of aliphatic hydroxyl groups excluding tert-OH is 1. The topological polar surface area (TPSA) is 63.6 Å². The van der Waals surface area contributed by atoms with E-state index in [0.29, 0.717) is 30.6 Å². The van der Waals surface area contributed by atoms with E-state index in [-0.39, 0.29) is 35.3 Å². The molecule has 4 aliphatic carbocycles. The first kappa shape index (κ1) is 19.2. The summed E-state index contributed by atoms with van der Waals surface area (Å²) < 4.78 is 5.86. The van der Waals surface area contributed by atoms with Gasteiger partial charge in [-0.05, 0) is 75.2 Å². The molecule has 3 saturated carbocycles. The summed E-state index contributed by atoms with van der Waals surface area (Å²) in [7, 11) is 0. The van der Waals surface area contributed by atoms with Crippen LogP contribution in [0.25, 0.3) is 0 Å². The normalized spacial score (nSPS) is 43.8. The number of carbonyl (C=O) groups excluding carboxylic acids is 2. The Bertz CT molecular complexity index is 680. The van der Waals surface area contributed by atoms with Crippen LogP contribution >= 0.6 is 0 Å². The molecule has 6 atom stereocenters. The molecule has 3 fully saturated rings. The van der Waals surface area contributed by atoms with Crippen LogP contribution in [-0.2, 0) is 14.3 Å². The third-order valence-corrected chi connectivity index (χ3v) is 8.90. The smallest absolute Gasteiger partial charge is 0.305 e. The maximum absolute atomic E-state index is 12.3. The van der Waals surface area contributed by atoms with E-state index in [0.717, 1.165) is 50.5 Å². The van der Waals surface area contributed by atoms with Crippen LogP contribution in [0.2, 0.25) is 0 Å². The van der Waals surface area contributed by atoms with Crippen molar-refractivity contribution in [3.63, 3.8) is 0 Å². The number of rotatable bonds is 3. The molecule has 4 nitrogen and oxygen atoms in total. The summed E-state index contributed by atoms with van der Waals surface area (Å²) in [6.45, 7) is 6.35.